The van der Waals surface area contributed by atoms with E-state index in [1.54, 1.807) is 0 Å². The second-order valence-electron chi connectivity index (χ2n) is 5.40. The number of carbonyl (C=O) groups excluding carboxylic acids is 1. The molecule has 0 aromatic carbocycles. The monoisotopic (exact) mass is 369 g/mol. The smallest absolute Gasteiger partial charge is 0.422 e. The molecule has 4 aliphatic rings. The summed E-state index contributed by atoms with van der Waals surface area (Å²) in [4.78, 5) is 12.0. The third-order valence-corrected chi connectivity index (χ3v) is 5.73. The van der Waals surface area contributed by atoms with Gasteiger partial charge in [-0.3, -0.25) is 0 Å². The molecule has 2 bridgehead atoms. The highest BCUT2D eigenvalue weighted by molar-refractivity contribution is 7.83. The van der Waals surface area contributed by atoms with Crippen LogP contribution in [0, 0.1) is 11.8 Å². The average molecular weight is 371 g/mol. The van der Waals surface area contributed by atoms with Crippen LogP contribution in [-0.4, -0.2) is 37.3 Å². The van der Waals surface area contributed by atoms with Gasteiger partial charge in [0, 0.05) is 0 Å². The Kier molecular flexibility index (Phi) is 4.30. The summed E-state index contributed by atoms with van der Waals surface area (Å²) < 4.78 is 16.8. The van der Waals surface area contributed by atoms with Crippen molar-refractivity contribution < 1.29 is 13.7 Å². The standard InChI is InChI=1S/C13H14Cl3NO3S/c14-13(15,16)7-20-12(18)17-5-10-8-1-3-9(4-2-8)11(10)6-21(17)19/h1,3,8-9H,2,4-7H2. The zero-order chi connectivity index (χ0) is 15.2. The lowest BCUT2D eigenvalue weighted by Gasteiger charge is -2.41. The van der Waals surface area contributed by atoms with E-state index in [1.807, 2.05) is 0 Å². The Morgan fingerprint density at radius 2 is 1.90 bits per heavy atom. The lowest BCUT2D eigenvalue weighted by atomic mass is 9.72. The van der Waals surface area contributed by atoms with E-state index in [4.69, 9.17) is 39.5 Å². The SMILES string of the molecule is O=C(OCC(Cl)(Cl)Cl)N1CC2=C(CS1=O)C1C=CC2CC1. The van der Waals surface area contributed by atoms with Crippen molar-refractivity contribution >= 4 is 51.9 Å². The molecule has 0 radical (unpaired) electrons. The van der Waals surface area contributed by atoms with Crippen molar-refractivity contribution in [3.63, 3.8) is 0 Å². The minimum atomic E-state index is -1.66. The van der Waals surface area contributed by atoms with E-state index < -0.39 is 20.9 Å². The molecule has 116 valence electrons. The van der Waals surface area contributed by atoms with Crippen molar-refractivity contribution in [3.05, 3.63) is 23.3 Å². The molecule has 8 heteroatoms. The van der Waals surface area contributed by atoms with E-state index in [1.165, 1.54) is 15.5 Å². The maximum Gasteiger partial charge on any atom is 0.422 e. The molecule has 0 saturated carbocycles. The van der Waals surface area contributed by atoms with E-state index in [2.05, 4.69) is 12.2 Å². The number of fused-ring (bicyclic) bond motifs is 1. The Morgan fingerprint density at radius 1 is 1.29 bits per heavy atom. The summed E-state index contributed by atoms with van der Waals surface area (Å²) >= 11 is 16.7. The molecule has 21 heavy (non-hydrogen) atoms. The van der Waals surface area contributed by atoms with Gasteiger partial charge in [0.1, 0.15) is 17.6 Å². The molecule has 3 aliphatic carbocycles. The lowest BCUT2D eigenvalue weighted by Crippen LogP contribution is -2.44. The number of allylic oxidation sites excluding steroid dienone is 2. The lowest BCUT2D eigenvalue weighted by molar-refractivity contribution is 0.129. The van der Waals surface area contributed by atoms with E-state index in [0.29, 0.717) is 24.1 Å². The number of hydrogen-bond acceptors (Lipinski definition) is 3. The number of carbonyl (C=O) groups is 1. The molecule has 1 aliphatic heterocycles. The molecule has 0 fully saturated rings. The number of ether oxygens (including phenoxy) is 1. The largest absolute Gasteiger partial charge is 0.444 e. The van der Waals surface area contributed by atoms with Gasteiger partial charge in [-0.1, -0.05) is 47.0 Å². The summed E-state index contributed by atoms with van der Waals surface area (Å²) in [7, 11) is -1.42. The van der Waals surface area contributed by atoms with Gasteiger partial charge in [0.2, 0.25) is 3.79 Å². The number of hydrogen-bond donors (Lipinski definition) is 0. The van der Waals surface area contributed by atoms with Crippen molar-refractivity contribution in [3.8, 4) is 0 Å². The maximum absolute atomic E-state index is 12.3. The Hall–Kier alpha value is -0.230. The number of nitrogens with zero attached hydrogens (tertiary/aromatic N) is 1. The van der Waals surface area contributed by atoms with Gasteiger partial charge in [0.05, 0.1) is 12.3 Å². The number of amides is 1. The summed E-state index contributed by atoms with van der Waals surface area (Å²) in [6.07, 6.45) is 5.88. The van der Waals surface area contributed by atoms with Gasteiger partial charge in [-0.05, 0) is 35.8 Å². The molecule has 3 unspecified atom stereocenters. The highest BCUT2D eigenvalue weighted by Gasteiger charge is 2.39. The summed E-state index contributed by atoms with van der Waals surface area (Å²) in [5.74, 6) is 1.13. The second kappa shape index (κ2) is 5.76. The molecule has 1 amide bonds. The molecule has 1 heterocycles. The van der Waals surface area contributed by atoms with Gasteiger partial charge in [0.25, 0.3) is 0 Å². The van der Waals surface area contributed by atoms with Crippen LogP contribution < -0.4 is 0 Å². The number of alkyl halides is 3. The van der Waals surface area contributed by atoms with E-state index in [0.717, 1.165) is 12.8 Å². The topological polar surface area (TPSA) is 46.6 Å². The van der Waals surface area contributed by atoms with Crippen LogP contribution in [0.15, 0.2) is 23.3 Å². The van der Waals surface area contributed by atoms with Gasteiger partial charge < -0.3 is 4.74 Å². The first-order valence-electron chi connectivity index (χ1n) is 6.65. The van der Waals surface area contributed by atoms with Crippen molar-refractivity contribution in [1.82, 2.24) is 4.31 Å². The predicted octanol–water partition coefficient (Wildman–Crippen LogP) is 3.37. The fourth-order valence-electron chi connectivity index (χ4n) is 3.10. The fraction of sp³-hybridized carbons (Fsp3) is 0.615. The molecule has 4 rings (SSSR count). The molecule has 0 aromatic heterocycles. The zero-order valence-corrected chi connectivity index (χ0v) is 14.1. The van der Waals surface area contributed by atoms with Crippen LogP contribution in [0.5, 0.6) is 0 Å². The summed E-state index contributed by atoms with van der Waals surface area (Å²) in [6.45, 7) is -0.0196. The number of halogens is 3. The normalized spacial score (nSPS) is 31.4. The molecule has 3 atom stereocenters. The van der Waals surface area contributed by atoms with Crippen molar-refractivity contribution in [2.45, 2.75) is 16.6 Å². The van der Waals surface area contributed by atoms with E-state index >= 15 is 0 Å². The minimum absolute atomic E-state index is 0.339. The molecule has 0 spiro atoms. The van der Waals surface area contributed by atoms with Crippen LogP contribution in [-0.2, 0) is 15.7 Å². The van der Waals surface area contributed by atoms with Crippen LogP contribution >= 0.6 is 34.8 Å². The van der Waals surface area contributed by atoms with Gasteiger partial charge in [-0.25, -0.2) is 13.3 Å². The summed E-state index contributed by atoms with van der Waals surface area (Å²) in [5, 5.41) is 0. The quantitative estimate of drug-likeness (QED) is 0.525. The fourth-order valence-corrected chi connectivity index (χ4v) is 4.58. The van der Waals surface area contributed by atoms with Crippen molar-refractivity contribution in [2.24, 2.45) is 11.8 Å². The summed E-state index contributed by atoms with van der Waals surface area (Å²) in [6, 6.07) is 0. The predicted molar refractivity (Wildman–Crippen MR) is 83.7 cm³/mol. The van der Waals surface area contributed by atoms with Crippen LogP contribution in [0.4, 0.5) is 4.79 Å². The Balaban J connectivity index is 1.72. The van der Waals surface area contributed by atoms with Crippen molar-refractivity contribution in [2.75, 3.05) is 18.9 Å². The second-order valence-corrected chi connectivity index (χ2v) is 9.29. The van der Waals surface area contributed by atoms with Gasteiger partial charge in [-0.2, -0.15) is 0 Å². The first-order chi connectivity index (χ1) is 9.85. The highest BCUT2D eigenvalue weighted by atomic mass is 35.6. The Bertz CT molecular complexity index is 555. The third kappa shape index (κ3) is 3.26. The van der Waals surface area contributed by atoms with E-state index in [9.17, 15) is 9.00 Å². The minimum Gasteiger partial charge on any atom is -0.444 e. The molecule has 0 N–H and O–H groups in total. The molecule has 4 nitrogen and oxygen atoms in total. The molecular weight excluding hydrogens is 357 g/mol. The molecular formula is C13H14Cl3NO3S. The van der Waals surface area contributed by atoms with Gasteiger partial charge in [-0.15, -0.1) is 0 Å². The summed E-state index contributed by atoms with van der Waals surface area (Å²) in [5.41, 5.74) is 2.44. The van der Waals surface area contributed by atoms with Crippen LogP contribution in [0.2, 0.25) is 0 Å². The Labute approximate surface area is 140 Å². The first kappa shape index (κ1) is 15.7. The number of rotatable bonds is 1. The molecule has 0 saturated heterocycles. The maximum atomic E-state index is 12.3. The van der Waals surface area contributed by atoms with E-state index in [-0.39, 0.29) is 6.61 Å². The third-order valence-electron chi connectivity index (χ3n) is 4.07. The highest BCUT2D eigenvalue weighted by Crippen LogP contribution is 2.43. The average Bonchev–Trinajstić information content (AvgIpc) is 2.44. The van der Waals surface area contributed by atoms with Crippen LogP contribution in [0.3, 0.4) is 0 Å². The van der Waals surface area contributed by atoms with Gasteiger partial charge in [0.15, 0.2) is 0 Å². The van der Waals surface area contributed by atoms with Crippen LogP contribution in [0.25, 0.3) is 0 Å². The van der Waals surface area contributed by atoms with Crippen molar-refractivity contribution in [1.29, 1.82) is 0 Å². The first-order valence-corrected chi connectivity index (χ1v) is 9.06. The molecule has 0 aromatic rings. The zero-order valence-electron chi connectivity index (χ0n) is 11.1. The Morgan fingerprint density at radius 3 is 2.48 bits per heavy atom. The van der Waals surface area contributed by atoms with Crippen LogP contribution in [0.1, 0.15) is 12.8 Å². The van der Waals surface area contributed by atoms with Gasteiger partial charge >= 0.3 is 6.09 Å².